The van der Waals surface area contributed by atoms with Crippen LogP contribution in [0, 0.1) is 12.7 Å². The normalized spacial score (nSPS) is 20.6. The zero-order valence-corrected chi connectivity index (χ0v) is 22.6. The van der Waals surface area contributed by atoms with Crippen LogP contribution in [0.1, 0.15) is 59.2 Å². The van der Waals surface area contributed by atoms with E-state index >= 15 is 4.39 Å². The molecule has 6 rings (SSSR count). The van der Waals surface area contributed by atoms with Gasteiger partial charge in [0.1, 0.15) is 19.0 Å². The van der Waals surface area contributed by atoms with E-state index < -0.39 is 17.6 Å². The Morgan fingerprint density at radius 3 is 2.83 bits per heavy atom. The quantitative estimate of drug-likeness (QED) is 0.265. The first-order valence-electron chi connectivity index (χ1n) is 13.4. The third-order valence-corrected chi connectivity index (χ3v) is 8.38. The van der Waals surface area contributed by atoms with Crippen molar-refractivity contribution < 1.29 is 33.3 Å². The summed E-state index contributed by atoms with van der Waals surface area (Å²) >= 11 is 0. The Morgan fingerprint density at radius 2 is 2.08 bits per heavy atom. The molecule has 11 heteroatoms. The molecule has 0 unspecified atom stereocenters. The molecule has 0 saturated heterocycles. The lowest BCUT2D eigenvalue weighted by molar-refractivity contribution is -0.172. The molecule has 40 heavy (non-hydrogen) atoms. The SMILES string of the molecule is CC[C@@]1(O)C(=O)OCc2c1cc1n(c2=O)Cc2c-1nc1cc(F)c(C)c3c1c2[C@@H](NC(=O)COCCOC)CC3. The summed E-state index contributed by atoms with van der Waals surface area (Å²) in [7, 11) is 1.55. The van der Waals surface area contributed by atoms with Gasteiger partial charge in [-0.25, -0.2) is 14.2 Å². The van der Waals surface area contributed by atoms with Crippen molar-refractivity contribution in [1.29, 1.82) is 0 Å². The summed E-state index contributed by atoms with van der Waals surface area (Å²) in [6.45, 7) is 3.84. The summed E-state index contributed by atoms with van der Waals surface area (Å²) in [5, 5.41) is 15.0. The number of ether oxygens (including phenoxy) is 3. The van der Waals surface area contributed by atoms with Crippen molar-refractivity contribution in [1.82, 2.24) is 14.9 Å². The molecule has 1 amide bonds. The molecule has 0 fully saturated rings. The molecule has 10 nitrogen and oxygen atoms in total. The fourth-order valence-corrected chi connectivity index (χ4v) is 6.24. The van der Waals surface area contributed by atoms with Crippen LogP contribution in [0.4, 0.5) is 4.39 Å². The van der Waals surface area contributed by atoms with E-state index in [1.165, 1.54) is 6.07 Å². The Bertz CT molecular complexity index is 1650. The average Bonchev–Trinajstić information content (AvgIpc) is 3.31. The van der Waals surface area contributed by atoms with Gasteiger partial charge in [0.05, 0.1) is 48.3 Å². The highest BCUT2D eigenvalue weighted by molar-refractivity contribution is 5.94. The van der Waals surface area contributed by atoms with Gasteiger partial charge >= 0.3 is 5.97 Å². The van der Waals surface area contributed by atoms with E-state index in [1.807, 2.05) is 0 Å². The van der Waals surface area contributed by atoms with E-state index in [9.17, 15) is 19.5 Å². The van der Waals surface area contributed by atoms with E-state index in [0.29, 0.717) is 41.9 Å². The second-order valence-corrected chi connectivity index (χ2v) is 10.5. The van der Waals surface area contributed by atoms with E-state index in [4.69, 9.17) is 19.2 Å². The monoisotopic (exact) mass is 551 g/mol. The molecule has 0 radical (unpaired) electrons. The highest BCUT2D eigenvalue weighted by atomic mass is 19.1. The number of cyclic esters (lactones) is 1. The number of amides is 1. The Kier molecular flexibility index (Phi) is 6.47. The van der Waals surface area contributed by atoms with Crippen molar-refractivity contribution in [3.8, 4) is 11.4 Å². The fourth-order valence-electron chi connectivity index (χ4n) is 6.24. The number of aryl methyl sites for hydroxylation is 1. The summed E-state index contributed by atoms with van der Waals surface area (Å²) < 4.78 is 32.1. The number of carbonyl (C=O) groups is 2. The molecule has 3 aromatic rings. The summed E-state index contributed by atoms with van der Waals surface area (Å²) in [4.78, 5) is 43.8. The van der Waals surface area contributed by atoms with Crippen LogP contribution in [0.25, 0.3) is 22.3 Å². The molecule has 3 aliphatic rings. The maximum Gasteiger partial charge on any atom is 0.343 e. The van der Waals surface area contributed by atoms with Crippen LogP contribution in [-0.4, -0.2) is 53.5 Å². The van der Waals surface area contributed by atoms with Gasteiger partial charge in [-0.05, 0) is 48.9 Å². The van der Waals surface area contributed by atoms with Crippen molar-refractivity contribution in [3.63, 3.8) is 0 Å². The van der Waals surface area contributed by atoms with Crippen LogP contribution in [-0.2, 0) is 49.0 Å². The maximum absolute atomic E-state index is 15.0. The zero-order valence-electron chi connectivity index (χ0n) is 22.6. The molecule has 1 aromatic carbocycles. The number of nitrogens with one attached hydrogen (secondary N) is 1. The second-order valence-electron chi connectivity index (χ2n) is 10.5. The van der Waals surface area contributed by atoms with Gasteiger partial charge in [0.2, 0.25) is 5.91 Å². The van der Waals surface area contributed by atoms with Crippen molar-refractivity contribution in [3.05, 3.63) is 61.7 Å². The van der Waals surface area contributed by atoms with Gasteiger partial charge in [0, 0.05) is 29.7 Å². The Balaban J connectivity index is 1.52. The van der Waals surface area contributed by atoms with E-state index in [2.05, 4.69) is 5.32 Å². The number of hydrogen-bond acceptors (Lipinski definition) is 8. The predicted molar refractivity (Wildman–Crippen MR) is 141 cm³/mol. The number of rotatable bonds is 7. The Hall–Kier alpha value is -3.67. The smallest absolute Gasteiger partial charge is 0.343 e. The van der Waals surface area contributed by atoms with Crippen LogP contribution >= 0.6 is 0 Å². The van der Waals surface area contributed by atoms with Crippen LogP contribution in [0.2, 0.25) is 0 Å². The molecule has 2 aromatic heterocycles. The van der Waals surface area contributed by atoms with E-state index in [-0.39, 0.29) is 61.2 Å². The number of pyridine rings is 2. The number of methoxy groups -OCH3 is 1. The van der Waals surface area contributed by atoms with Crippen molar-refractivity contribution in [2.75, 3.05) is 26.9 Å². The zero-order chi connectivity index (χ0) is 28.3. The maximum atomic E-state index is 15.0. The molecule has 0 bridgehead atoms. The van der Waals surface area contributed by atoms with Gasteiger partial charge < -0.3 is 29.2 Å². The van der Waals surface area contributed by atoms with Gasteiger partial charge in [-0.15, -0.1) is 0 Å². The minimum absolute atomic E-state index is 0.0272. The highest BCUT2D eigenvalue weighted by Gasteiger charge is 2.46. The lowest BCUT2D eigenvalue weighted by Crippen LogP contribution is -2.44. The molecule has 4 heterocycles. The largest absolute Gasteiger partial charge is 0.458 e. The first kappa shape index (κ1) is 26.5. The lowest BCUT2D eigenvalue weighted by Gasteiger charge is -2.31. The molecule has 2 aliphatic heterocycles. The molecule has 210 valence electrons. The Labute approximate surface area is 229 Å². The Morgan fingerprint density at radius 1 is 1.27 bits per heavy atom. The highest BCUT2D eigenvalue weighted by Crippen LogP contribution is 2.45. The molecule has 0 saturated carbocycles. The topological polar surface area (TPSA) is 129 Å². The fraction of sp³-hybridized carbons (Fsp3) is 0.448. The predicted octanol–water partition coefficient (Wildman–Crippen LogP) is 2.29. The van der Waals surface area contributed by atoms with Gasteiger partial charge in [-0.3, -0.25) is 9.59 Å². The van der Waals surface area contributed by atoms with Gasteiger partial charge in [-0.2, -0.15) is 0 Å². The molecular formula is C29H30FN3O7. The number of nitrogens with zero attached hydrogens (tertiary/aromatic N) is 2. The van der Waals surface area contributed by atoms with Gasteiger partial charge in [0.15, 0.2) is 5.60 Å². The van der Waals surface area contributed by atoms with Crippen LogP contribution in [0.5, 0.6) is 0 Å². The number of benzene rings is 1. The summed E-state index contributed by atoms with van der Waals surface area (Å²) in [5.41, 5.74) is 2.33. The molecule has 2 N–H and O–H groups in total. The summed E-state index contributed by atoms with van der Waals surface area (Å²) in [6.07, 6.45) is 1.11. The van der Waals surface area contributed by atoms with Gasteiger partial charge in [-0.1, -0.05) is 6.92 Å². The van der Waals surface area contributed by atoms with E-state index in [0.717, 1.165) is 22.1 Å². The minimum Gasteiger partial charge on any atom is -0.458 e. The van der Waals surface area contributed by atoms with E-state index in [1.54, 1.807) is 31.6 Å². The lowest BCUT2D eigenvalue weighted by atomic mass is 9.81. The second kappa shape index (κ2) is 9.76. The van der Waals surface area contributed by atoms with Crippen LogP contribution in [0.3, 0.4) is 0 Å². The number of esters is 1. The minimum atomic E-state index is -1.95. The standard InChI is InChI=1S/C29H30FN3O7/c1-4-29(37)18-9-22-26-16(11-33(22)27(35)17(18)12-40-28(29)36)25-20(31-23(34)13-39-8-7-38-3)6-5-15-14(2)19(30)10-21(32-26)24(15)25/h9-10,20,37H,4-8,11-13H2,1-3H3,(H,31,34)/t20-,29-/m0/s1. The number of aliphatic hydroxyl groups is 1. The molecular weight excluding hydrogens is 521 g/mol. The van der Waals surface area contributed by atoms with Crippen molar-refractivity contribution in [2.24, 2.45) is 0 Å². The van der Waals surface area contributed by atoms with Crippen molar-refractivity contribution >= 4 is 22.8 Å². The third-order valence-electron chi connectivity index (χ3n) is 8.38. The molecule has 2 atom stereocenters. The number of fused-ring (bicyclic) bond motifs is 5. The number of carbonyl (C=O) groups excluding carboxylic acids is 2. The van der Waals surface area contributed by atoms with Crippen molar-refractivity contribution in [2.45, 2.75) is 57.9 Å². The summed E-state index contributed by atoms with van der Waals surface area (Å²) in [6, 6.07) is 2.60. The van der Waals surface area contributed by atoms with Gasteiger partial charge in [0.25, 0.3) is 5.56 Å². The summed E-state index contributed by atoms with van der Waals surface area (Å²) in [5.74, 6) is -1.47. The number of hydrogen-bond donors (Lipinski definition) is 2. The first-order chi connectivity index (χ1) is 19.2. The molecule has 1 aliphatic carbocycles. The molecule has 0 spiro atoms. The average molecular weight is 552 g/mol. The first-order valence-corrected chi connectivity index (χ1v) is 13.4. The van der Waals surface area contributed by atoms with Crippen LogP contribution in [0.15, 0.2) is 16.9 Å². The number of aromatic nitrogens is 2. The third kappa shape index (κ3) is 3.87. The number of halogens is 1. The van der Waals surface area contributed by atoms with Crippen LogP contribution < -0.4 is 10.9 Å².